The van der Waals surface area contributed by atoms with Gasteiger partial charge in [0.15, 0.2) is 0 Å². The summed E-state index contributed by atoms with van der Waals surface area (Å²) in [5, 5.41) is 24.1. The fourth-order valence-corrected chi connectivity index (χ4v) is 2.57. The number of hydrogen-bond donors (Lipinski definition) is 2. The average molecular weight is 444 g/mol. The highest BCUT2D eigenvalue weighted by Gasteiger charge is 2.34. The minimum absolute atomic E-state index is 0.0676. The van der Waals surface area contributed by atoms with Crippen molar-refractivity contribution in [1.29, 1.82) is 5.26 Å². The number of aromatic nitrogens is 2. The molecule has 1 heterocycles. The van der Waals surface area contributed by atoms with Gasteiger partial charge < -0.3 is 4.74 Å². The van der Waals surface area contributed by atoms with Crippen LogP contribution in [0.25, 0.3) is 11.3 Å². The van der Waals surface area contributed by atoms with Crippen LogP contribution < -0.4 is 15.7 Å². The van der Waals surface area contributed by atoms with Crippen LogP contribution >= 0.6 is 0 Å². The predicted molar refractivity (Wildman–Crippen MR) is 106 cm³/mol. The molecule has 3 rings (SSSR count). The third-order valence-corrected chi connectivity index (χ3v) is 3.87. The summed E-state index contributed by atoms with van der Waals surface area (Å²) >= 11 is 0. The molecule has 0 aliphatic heterocycles. The lowest BCUT2D eigenvalue weighted by Crippen LogP contribution is -2.18. The van der Waals surface area contributed by atoms with Gasteiger partial charge in [0.05, 0.1) is 16.8 Å². The molecule has 3 aromatic rings. The van der Waals surface area contributed by atoms with E-state index in [1.165, 1.54) is 0 Å². The first kappa shape index (κ1) is 22.0. The molecule has 0 saturated carbocycles. The van der Waals surface area contributed by atoms with Gasteiger partial charge >= 0.3 is 12.0 Å². The van der Waals surface area contributed by atoms with Gasteiger partial charge in [-0.15, -0.1) is 13.2 Å². The molecular formula is C19H11F3N6O4. The predicted octanol–water partition coefficient (Wildman–Crippen LogP) is 3.56. The Hall–Kier alpha value is -4.73. The third kappa shape index (κ3) is 5.25. The van der Waals surface area contributed by atoms with Crippen LogP contribution in [0.2, 0.25) is 0 Å². The summed E-state index contributed by atoms with van der Waals surface area (Å²) in [6.45, 7) is 0. The number of halogens is 3. The number of anilines is 1. The molecule has 0 aliphatic carbocycles. The van der Waals surface area contributed by atoms with Gasteiger partial charge in [0.2, 0.25) is 11.7 Å². The number of benzene rings is 2. The molecule has 32 heavy (non-hydrogen) atoms. The molecule has 2 N–H and O–H groups in total. The van der Waals surface area contributed by atoms with E-state index < -0.39 is 28.3 Å². The number of alkyl halides is 3. The number of nitro benzene ring substituents is 1. The maximum atomic E-state index is 12.4. The van der Waals surface area contributed by atoms with Gasteiger partial charge in [-0.05, 0) is 12.1 Å². The molecule has 2 aromatic carbocycles. The van der Waals surface area contributed by atoms with Gasteiger partial charge in [0, 0.05) is 17.2 Å². The smallest absolute Gasteiger partial charge is 0.398 e. The number of hydrazone groups is 1. The average Bonchev–Trinajstić information content (AvgIpc) is 2.73. The van der Waals surface area contributed by atoms with Gasteiger partial charge in [-0.2, -0.15) is 10.4 Å². The second kappa shape index (κ2) is 8.96. The highest BCUT2D eigenvalue weighted by molar-refractivity contribution is 5.82. The Labute approximate surface area is 176 Å². The Morgan fingerprint density at radius 2 is 1.97 bits per heavy atom. The fraction of sp³-hybridized carbons (Fsp3) is 0.0526. The van der Waals surface area contributed by atoms with Crippen molar-refractivity contribution in [2.24, 2.45) is 5.10 Å². The Morgan fingerprint density at radius 1 is 1.25 bits per heavy atom. The van der Waals surface area contributed by atoms with Crippen molar-refractivity contribution in [3.8, 4) is 23.1 Å². The van der Waals surface area contributed by atoms with E-state index in [-0.39, 0.29) is 22.8 Å². The standard InChI is InChI=1S/C19H11F3N6O4/c20-19(21,22)32-15-7-6-11(8-14(15)28(30)31)10-24-27-18-25-16(12-4-2-1-3-5-12)13(9-23)17(29)26-18/h1-8,10H,(H2,25,26,27,29). The largest absolute Gasteiger partial charge is 0.573 e. The van der Waals surface area contributed by atoms with Crippen LogP contribution in [0, 0.1) is 21.4 Å². The minimum atomic E-state index is -5.09. The number of nitro groups is 1. The lowest BCUT2D eigenvalue weighted by Gasteiger charge is -2.09. The summed E-state index contributed by atoms with van der Waals surface area (Å²) in [5.74, 6) is -1.10. The first-order valence-corrected chi connectivity index (χ1v) is 8.61. The fourth-order valence-electron chi connectivity index (χ4n) is 2.57. The molecule has 10 nitrogen and oxygen atoms in total. The van der Waals surface area contributed by atoms with Gasteiger partial charge in [-0.3, -0.25) is 19.9 Å². The minimum Gasteiger partial charge on any atom is -0.398 e. The maximum Gasteiger partial charge on any atom is 0.573 e. The number of rotatable bonds is 6. The van der Waals surface area contributed by atoms with Crippen molar-refractivity contribution in [3.05, 3.63) is 80.1 Å². The number of nitrogens with zero attached hydrogens (tertiary/aromatic N) is 4. The van der Waals surface area contributed by atoms with Crippen molar-refractivity contribution in [3.63, 3.8) is 0 Å². The van der Waals surface area contributed by atoms with E-state index >= 15 is 0 Å². The monoisotopic (exact) mass is 444 g/mol. The van der Waals surface area contributed by atoms with Gasteiger partial charge in [0.1, 0.15) is 11.6 Å². The van der Waals surface area contributed by atoms with E-state index in [9.17, 15) is 33.3 Å². The first-order chi connectivity index (χ1) is 15.2. The Balaban J connectivity index is 1.87. The Bertz CT molecular complexity index is 1280. The van der Waals surface area contributed by atoms with Gasteiger partial charge in [-0.25, -0.2) is 10.4 Å². The number of aromatic amines is 1. The van der Waals surface area contributed by atoms with Crippen molar-refractivity contribution < 1.29 is 22.8 Å². The molecule has 0 bridgehead atoms. The summed E-state index contributed by atoms with van der Waals surface area (Å²) in [6.07, 6.45) is -4.03. The molecule has 1 aromatic heterocycles. The summed E-state index contributed by atoms with van der Waals surface area (Å²) in [6, 6.07) is 13.0. The molecule has 0 amide bonds. The van der Waals surface area contributed by atoms with E-state index in [4.69, 9.17) is 0 Å². The molecule has 0 radical (unpaired) electrons. The number of H-pyrrole nitrogens is 1. The van der Waals surface area contributed by atoms with Crippen LogP contribution in [0.15, 0.2) is 58.4 Å². The Kier molecular flexibility index (Phi) is 6.15. The van der Waals surface area contributed by atoms with E-state index in [1.807, 2.05) is 0 Å². The SMILES string of the molecule is N#Cc1c(-c2ccccc2)nc(NN=Cc2ccc(OC(F)(F)F)c([N+](=O)[O-])c2)[nH]c1=O. The number of ether oxygens (including phenoxy) is 1. The lowest BCUT2D eigenvalue weighted by atomic mass is 10.1. The second-order valence-electron chi connectivity index (χ2n) is 6.02. The zero-order valence-corrected chi connectivity index (χ0v) is 15.8. The molecule has 13 heteroatoms. The number of nitriles is 1. The quantitative estimate of drug-likeness (QED) is 0.336. The highest BCUT2D eigenvalue weighted by Crippen LogP contribution is 2.32. The number of hydrogen-bond acceptors (Lipinski definition) is 8. The van der Waals surface area contributed by atoms with Crippen molar-refractivity contribution in [1.82, 2.24) is 9.97 Å². The zero-order chi connectivity index (χ0) is 23.3. The lowest BCUT2D eigenvalue weighted by molar-refractivity contribution is -0.388. The van der Waals surface area contributed by atoms with E-state index in [1.54, 1.807) is 36.4 Å². The van der Waals surface area contributed by atoms with Crippen LogP contribution in [-0.4, -0.2) is 27.5 Å². The van der Waals surface area contributed by atoms with Gasteiger partial charge in [0.25, 0.3) is 5.56 Å². The molecule has 0 fully saturated rings. The second-order valence-corrected chi connectivity index (χ2v) is 6.02. The zero-order valence-electron chi connectivity index (χ0n) is 15.8. The molecule has 0 spiro atoms. The van der Waals surface area contributed by atoms with Crippen molar-refractivity contribution in [2.45, 2.75) is 6.36 Å². The summed E-state index contributed by atoms with van der Waals surface area (Å²) < 4.78 is 40.8. The number of nitrogens with one attached hydrogen (secondary N) is 2. The van der Waals surface area contributed by atoms with Crippen LogP contribution in [0.5, 0.6) is 5.75 Å². The molecule has 0 atom stereocenters. The topological polar surface area (TPSA) is 146 Å². The van der Waals surface area contributed by atoms with Crippen LogP contribution in [-0.2, 0) is 0 Å². The molecule has 0 unspecified atom stereocenters. The van der Waals surface area contributed by atoms with E-state index in [0.29, 0.717) is 5.56 Å². The molecule has 0 aliphatic rings. The highest BCUT2D eigenvalue weighted by atomic mass is 19.4. The normalized spacial score (nSPS) is 11.2. The molecule has 162 valence electrons. The van der Waals surface area contributed by atoms with E-state index in [0.717, 1.165) is 24.4 Å². The first-order valence-electron chi connectivity index (χ1n) is 8.61. The summed E-state index contributed by atoms with van der Waals surface area (Å²) in [7, 11) is 0. The van der Waals surface area contributed by atoms with Crippen LogP contribution in [0.4, 0.5) is 24.8 Å². The van der Waals surface area contributed by atoms with Crippen molar-refractivity contribution >= 4 is 17.9 Å². The maximum absolute atomic E-state index is 12.4. The molecule has 0 saturated heterocycles. The van der Waals surface area contributed by atoms with Crippen molar-refractivity contribution in [2.75, 3.05) is 5.43 Å². The summed E-state index contributed by atoms with van der Waals surface area (Å²) in [5.41, 5.74) is 1.26. The van der Waals surface area contributed by atoms with Crippen LogP contribution in [0.1, 0.15) is 11.1 Å². The van der Waals surface area contributed by atoms with E-state index in [2.05, 4.69) is 25.2 Å². The third-order valence-electron chi connectivity index (χ3n) is 3.87. The Morgan fingerprint density at radius 3 is 2.59 bits per heavy atom. The summed E-state index contributed by atoms with van der Waals surface area (Å²) in [4.78, 5) is 28.7. The molecular weight excluding hydrogens is 433 g/mol. The van der Waals surface area contributed by atoms with Crippen LogP contribution in [0.3, 0.4) is 0 Å². The van der Waals surface area contributed by atoms with Gasteiger partial charge in [-0.1, -0.05) is 30.3 Å².